The topological polar surface area (TPSA) is 18.5 Å². The highest BCUT2D eigenvalue weighted by Gasteiger charge is 2.11. The Morgan fingerprint density at radius 2 is 1.59 bits per heavy atom. The van der Waals surface area contributed by atoms with Crippen LogP contribution in [0.25, 0.3) is 0 Å². The van der Waals surface area contributed by atoms with Crippen molar-refractivity contribution in [1.82, 2.24) is 9.80 Å². The van der Waals surface area contributed by atoms with Crippen molar-refractivity contribution in [2.45, 2.75) is 39.2 Å². The lowest BCUT2D eigenvalue weighted by atomic mass is 10.1. The summed E-state index contributed by atoms with van der Waals surface area (Å²) >= 11 is 5.74. The van der Waals surface area contributed by atoms with Crippen molar-refractivity contribution in [3.8, 4) is 0 Å². The van der Waals surface area contributed by atoms with E-state index in [1.807, 2.05) is 0 Å². The van der Waals surface area contributed by atoms with Gasteiger partial charge in [0.2, 0.25) is 0 Å². The third-order valence-electron chi connectivity index (χ3n) is 4.56. The van der Waals surface area contributed by atoms with Crippen LogP contribution in [0.3, 0.4) is 0 Å². The van der Waals surface area contributed by atoms with E-state index in [-0.39, 0.29) is 0 Å². The van der Waals surface area contributed by atoms with Gasteiger partial charge in [0, 0.05) is 18.8 Å². The number of hydrogen-bond donors (Lipinski definition) is 1. The molecule has 0 radical (unpaired) electrons. The van der Waals surface area contributed by atoms with E-state index in [2.05, 4.69) is 90.7 Å². The van der Waals surface area contributed by atoms with E-state index in [9.17, 15) is 0 Å². The average Bonchev–Trinajstić information content (AvgIpc) is 2.67. The van der Waals surface area contributed by atoms with Crippen molar-refractivity contribution < 1.29 is 0 Å². The third-order valence-corrected chi connectivity index (χ3v) is 4.92. The predicted octanol–water partition coefficient (Wildman–Crippen LogP) is 5.18. The molecule has 0 amide bonds. The first kappa shape index (κ1) is 21.4. The van der Waals surface area contributed by atoms with Crippen molar-refractivity contribution >= 4 is 23.0 Å². The maximum atomic E-state index is 5.74. The van der Waals surface area contributed by atoms with Gasteiger partial charge in [-0.1, -0.05) is 55.8 Å². The molecule has 0 saturated heterocycles. The lowest BCUT2D eigenvalue weighted by molar-refractivity contribution is 0.346. The van der Waals surface area contributed by atoms with Gasteiger partial charge < -0.3 is 15.1 Å². The molecule has 0 spiro atoms. The molecule has 0 aliphatic heterocycles. The molecule has 0 aliphatic rings. The first-order chi connectivity index (χ1) is 13.1. The van der Waals surface area contributed by atoms with Crippen LogP contribution in [0.4, 0.5) is 5.69 Å². The standard InChI is InChI=1S/C23H33N3S/c1-4-5-10-20-13-15-22(16-14-20)24-23(27)26(18-9-17-25(2)3)19-21-11-7-6-8-12-21/h6-8,11-16H,4-5,9-10,17-19H2,1-3H3,(H,24,27). The summed E-state index contributed by atoms with van der Waals surface area (Å²) in [7, 11) is 4.22. The fourth-order valence-electron chi connectivity index (χ4n) is 2.97. The van der Waals surface area contributed by atoms with Crippen molar-refractivity contribution in [2.75, 3.05) is 32.5 Å². The van der Waals surface area contributed by atoms with Crippen LogP contribution in [-0.2, 0) is 13.0 Å². The van der Waals surface area contributed by atoms with Crippen LogP contribution in [-0.4, -0.2) is 42.1 Å². The van der Waals surface area contributed by atoms with Crippen molar-refractivity contribution in [3.63, 3.8) is 0 Å². The first-order valence-electron chi connectivity index (χ1n) is 9.92. The van der Waals surface area contributed by atoms with Gasteiger partial charge in [0.25, 0.3) is 0 Å². The molecule has 2 aromatic rings. The lowest BCUT2D eigenvalue weighted by Gasteiger charge is -2.27. The second-order valence-electron chi connectivity index (χ2n) is 7.29. The molecule has 0 atom stereocenters. The van der Waals surface area contributed by atoms with E-state index < -0.39 is 0 Å². The quantitative estimate of drug-likeness (QED) is 0.570. The summed E-state index contributed by atoms with van der Waals surface area (Å²) in [4.78, 5) is 4.48. The van der Waals surface area contributed by atoms with Gasteiger partial charge in [0.05, 0.1) is 0 Å². The third kappa shape index (κ3) is 8.10. The Morgan fingerprint density at radius 1 is 0.889 bits per heavy atom. The smallest absolute Gasteiger partial charge is 0.173 e. The fourth-order valence-corrected chi connectivity index (χ4v) is 3.25. The van der Waals surface area contributed by atoms with Crippen molar-refractivity contribution in [1.29, 1.82) is 0 Å². The van der Waals surface area contributed by atoms with Gasteiger partial charge in [-0.15, -0.1) is 0 Å². The van der Waals surface area contributed by atoms with Gasteiger partial charge in [-0.05, 0) is 75.4 Å². The number of nitrogens with one attached hydrogen (secondary N) is 1. The highest BCUT2D eigenvalue weighted by atomic mass is 32.1. The summed E-state index contributed by atoms with van der Waals surface area (Å²) in [5.74, 6) is 0. The number of aryl methyl sites for hydroxylation is 1. The van der Waals surface area contributed by atoms with E-state index >= 15 is 0 Å². The van der Waals surface area contributed by atoms with Crippen LogP contribution in [0, 0.1) is 0 Å². The van der Waals surface area contributed by atoms with E-state index in [1.165, 1.54) is 24.0 Å². The van der Waals surface area contributed by atoms with Crippen LogP contribution in [0.1, 0.15) is 37.3 Å². The predicted molar refractivity (Wildman–Crippen MR) is 121 cm³/mol. The number of hydrogen-bond acceptors (Lipinski definition) is 2. The molecule has 0 fully saturated rings. The molecule has 27 heavy (non-hydrogen) atoms. The molecular weight excluding hydrogens is 350 g/mol. The summed E-state index contributed by atoms with van der Waals surface area (Å²) in [5, 5.41) is 4.22. The average molecular weight is 384 g/mol. The molecule has 0 heterocycles. The Hall–Kier alpha value is -1.91. The minimum absolute atomic E-state index is 0.791. The van der Waals surface area contributed by atoms with E-state index in [0.29, 0.717) is 0 Å². The lowest BCUT2D eigenvalue weighted by Crippen LogP contribution is -2.36. The maximum absolute atomic E-state index is 5.74. The summed E-state index contributed by atoms with van der Waals surface area (Å²) in [6.07, 6.45) is 4.69. The number of benzene rings is 2. The van der Waals surface area contributed by atoms with Crippen LogP contribution < -0.4 is 5.32 Å². The van der Waals surface area contributed by atoms with Crippen molar-refractivity contribution in [2.24, 2.45) is 0 Å². The highest BCUT2D eigenvalue weighted by Crippen LogP contribution is 2.14. The monoisotopic (exact) mass is 383 g/mol. The van der Waals surface area contributed by atoms with Gasteiger partial charge in [-0.25, -0.2) is 0 Å². The summed E-state index contributed by atoms with van der Waals surface area (Å²) < 4.78 is 0. The zero-order valence-electron chi connectivity index (χ0n) is 16.9. The van der Waals surface area contributed by atoms with Gasteiger partial charge in [0.1, 0.15) is 0 Å². The fraction of sp³-hybridized carbons (Fsp3) is 0.435. The molecule has 0 saturated carbocycles. The summed E-state index contributed by atoms with van der Waals surface area (Å²) in [6.45, 7) is 5.05. The Bertz CT molecular complexity index is 668. The maximum Gasteiger partial charge on any atom is 0.173 e. The molecule has 2 rings (SSSR count). The van der Waals surface area contributed by atoms with Gasteiger partial charge >= 0.3 is 0 Å². The molecule has 3 nitrogen and oxygen atoms in total. The molecule has 146 valence electrons. The Balaban J connectivity index is 1.98. The Morgan fingerprint density at radius 3 is 2.22 bits per heavy atom. The second kappa shape index (κ2) is 11.7. The number of thiocarbonyl (C=S) groups is 1. The SMILES string of the molecule is CCCCc1ccc(NC(=S)N(CCCN(C)C)Cc2ccccc2)cc1. The van der Waals surface area contributed by atoms with Crippen LogP contribution in [0.15, 0.2) is 54.6 Å². The molecule has 1 N–H and O–H groups in total. The van der Waals surface area contributed by atoms with Gasteiger partial charge in [0.15, 0.2) is 5.11 Å². The molecular formula is C23H33N3S. The summed E-state index contributed by atoms with van der Waals surface area (Å²) in [5.41, 5.74) is 3.73. The molecule has 2 aromatic carbocycles. The van der Waals surface area contributed by atoms with E-state index in [1.54, 1.807) is 0 Å². The number of rotatable bonds is 10. The minimum atomic E-state index is 0.791. The Kier molecular flexibility index (Phi) is 9.29. The Labute approximate surface area is 170 Å². The van der Waals surface area contributed by atoms with Crippen LogP contribution >= 0.6 is 12.2 Å². The van der Waals surface area contributed by atoms with Crippen LogP contribution in [0.2, 0.25) is 0 Å². The molecule has 0 unspecified atom stereocenters. The largest absolute Gasteiger partial charge is 0.345 e. The highest BCUT2D eigenvalue weighted by molar-refractivity contribution is 7.80. The normalized spacial score (nSPS) is 10.8. The number of anilines is 1. The minimum Gasteiger partial charge on any atom is -0.345 e. The molecule has 4 heteroatoms. The molecule has 0 aromatic heterocycles. The second-order valence-corrected chi connectivity index (χ2v) is 7.68. The number of nitrogens with zero attached hydrogens (tertiary/aromatic N) is 2. The molecule has 0 bridgehead atoms. The first-order valence-corrected chi connectivity index (χ1v) is 10.3. The zero-order valence-corrected chi connectivity index (χ0v) is 17.8. The van der Waals surface area contributed by atoms with Gasteiger partial charge in [-0.3, -0.25) is 0 Å². The summed E-state index contributed by atoms with van der Waals surface area (Å²) in [6, 6.07) is 19.2. The van der Waals surface area contributed by atoms with Gasteiger partial charge in [-0.2, -0.15) is 0 Å². The van der Waals surface area contributed by atoms with Crippen LogP contribution in [0.5, 0.6) is 0 Å². The molecule has 0 aliphatic carbocycles. The van der Waals surface area contributed by atoms with E-state index in [0.717, 1.165) is 43.3 Å². The van der Waals surface area contributed by atoms with Crippen molar-refractivity contribution in [3.05, 3.63) is 65.7 Å². The number of unbranched alkanes of at least 4 members (excludes halogenated alkanes) is 1. The van der Waals surface area contributed by atoms with E-state index in [4.69, 9.17) is 12.2 Å². The zero-order chi connectivity index (χ0) is 19.5.